The van der Waals surface area contributed by atoms with Crippen LogP contribution < -0.4 is 26.2 Å². The van der Waals surface area contributed by atoms with Crippen molar-refractivity contribution in [2.75, 3.05) is 22.1 Å². The van der Waals surface area contributed by atoms with E-state index in [9.17, 15) is 0 Å². The smallest absolute Gasteiger partial charge is 0.123 e. The number of hydrogen-bond acceptors (Lipinski definition) is 5. The molecule has 1 unspecified atom stereocenters. The molecule has 5 nitrogen and oxygen atoms in total. The zero-order valence-electron chi connectivity index (χ0n) is 22.1. The van der Waals surface area contributed by atoms with Gasteiger partial charge in [0.05, 0.1) is 23.1 Å². The summed E-state index contributed by atoms with van der Waals surface area (Å²) in [5, 5.41) is 14.4. The molecule has 2 aliphatic heterocycles. The van der Waals surface area contributed by atoms with Crippen LogP contribution in [0.15, 0.2) is 140 Å². The number of hydrogen-bond donors (Lipinski definition) is 4. The van der Waals surface area contributed by atoms with E-state index >= 15 is 0 Å². The lowest BCUT2D eigenvalue weighted by Crippen LogP contribution is -2.34. The van der Waals surface area contributed by atoms with Crippen molar-refractivity contribution in [2.24, 2.45) is 0 Å². The normalized spacial score (nSPS) is 16.0. The monoisotopic (exact) mass is 521 g/mol. The molecule has 1 atom stereocenters. The summed E-state index contributed by atoms with van der Waals surface area (Å²) in [5.74, 6) is 0. The largest absolute Gasteiger partial charge is 0.381 e. The minimum atomic E-state index is 0.0954. The number of nitrogens with one attached hydrogen (secondary N) is 4. The fourth-order valence-electron chi connectivity index (χ4n) is 5.47. The van der Waals surface area contributed by atoms with Crippen LogP contribution in [0, 0.1) is 0 Å². The fourth-order valence-corrected chi connectivity index (χ4v) is 5.47. The Bertz CT molecular complexity index is 1550. The molecule has 0 spiro atoms. The first-order chi connectivity index (χ1) is 19.8. The van der Waals surface area contributed by atoms with Crippen molar-refractivity contribution in [3.63, 3.8) is 0 Å². The molecule has 40 heavy (non-hydrogen) atoms. The second kappa shape index (κ2) is 10.5. The van der Waals surface area contributed by atoms with Crippen LogP contribution in [0.5, 0.6) is 0 Å². The Morgan fingerprint density at radius 3 is 1.60 bits per heavy atom. The average Bonchev–Trinajstić information content (AvgIpc) is 3.48. The molecule has 0 saturated heterocycles. The summed E-state index contributed by atoms with van der Waals surface area (Å²) in [4.78, 5) is 2.28. The molecule has 5 aromatic rings. The Morgan fingerprint density at radius 2 is 1.05 bits per heavy atom. The van der Waals surface area contributed by atoms with Crippen molar-refractivity contribution in [2.45, 2.75) is 12.2 Å². The number of fused-ring (bicyclic) bond motifs is 1. The van der Waals surface area contributed by atoms with Gasteiger partial charge in [-0.3, -0.25) is 0 Å². The van der Waals surface area contributed by atoms with E-state index < -0.39 is 0 Å². The summed E-state index contributed by atoms with van der Waals surface area (Å²) < 4.78 is 0. The van der Waals surface area contributed by atoms with E-state index in [-0.39, 0.29) is 12.2 Å². The minimum absolute atomic E-state index is 0.0954. The van der Waals surface area contributed by atoms with Crippen LogP contribution in [0.1, 0.15) is 28.9 Å². The Morgan fingerprint density at radius 1 is 0.525 bits per heavy atom. The standard InChI is InChI=1S/C35H31N5/c1-3-9-28(10-4-1)40(29-11-5-2-6-12-29)30-21-19-26(20-22-30)34-24-36-33(23-37-34)25-15-17-27(18-16-25)35-38-31-13-7-8-14-32(31)39-35/h1-22,24,33,35-39H,23H2. The van der Waals surface area contributed by atoms with Crippen molar-refractivity contribution in [1.82, 2.24) is 10.6 Å². The highest BCUT2D eigenvalue weighted by atomic mass is 15.2. The van der Waals surface area contributed by atoms with E-state index in [1.54, 1.807) is 0 Å². The van der Waals surface area contributed by atoms with Crippen LogP contribution in [0.3, 0.4) is 0 Å². The molecule has 2 heterocycles. The summed E-state index contributed by atoms with van der Waals surface area (Å²) in [6, 6.07) is 47.1. The average molecular weight is 522 g/mol. The van der Waals surface area contributed by atoms with Crippen molar-refractivity contribution >= 4 is 34.1 Å². The van der Waals surface area contributed by atoms with Crippen LogP contribution in [0.2, 0.25) is 0 Å². The third-order valence-electron chi connectivity index (χ3n) is 7.59. The van der Waals surface area contributed by atoms with Crippen LogP contribution in [0.25, 0.3) is 5.70 Å². The molecule has 0 aromatic heterocycles. The van der Waals surface area contributed by atoms with Gasteiger partial charge >= 0.3 is 0 Å². The van der Waals surface area contributed by atoms with Crippen molar-refractivity contribution < 1.29 is 0 Å². The summed E-state index contributed by atoms with van der Waals surface area (Å²) in [7, 11) is 0. The lowest BCUT2D eigenvalue weighted by atomic mass is 10.0. The van der Waals surface area contributed by atoms with Crippen LogP contribution in [0.4, 0.5) is 28.4 Å². The highest BCUT2D eigenvalue weighted by molar-refractivity contribution is 5.78. The summed E-state index contributed by atoms with van der Waals surface area (Å²) in [6.45, 7) is 0.818. The first-order valence-electron chi connectivity index (χ1n) is 13.7. The van der Waals surface area contributed by atoms with Gasteiger partial charge in [-0.2, -0.15) is 0 Å². The maximum atomic E-state index is 3.64. The maximum absolute atomic E-state index is 3.64. The maximum Gasteiger partial charge on any atom is 0.123 e. The molecule has 196 valence electrons. The number of anilines is 5. The highest BCUT2D eigenvalue weighted by Crippen LogP contribution is 2.36. The first-order valence-corrected chi connectivity index (χ1v) is 13.7. The van der Waals surface area contributed by atoms with Gasteiger partial charge in [0.25, 0.3) is 0 Å². The van der Waals surface area contributed by atoms with Gasteiger partial charge in [0, 0.05) is 29.8 Å². The molecular formula is C35H31N5. The van der Waals surface area contributed by atoms with E-state index in [1.165, 1.54) is 11.1 Å². The molecule has 0 amide bonds. The van der Waals surface area contributed by atoms with Gasteiger partial charge in [0.2, 0.25) is 0 Å². The van der Waals surface area contributed by atoms with Crippen LogP contribution >= 0.6 is 0 Å². The Kier molecular flexibility index (Phi) is 6.30. The molecule has 4 N–H and O–H groups in total. The Hall–Kier alpha value is -5.16. The zero-order chi connectivity index (χ0) is 26.7. The lowest BCUT2D eigenvalue weighted by molar-refractivity contribution is 0.573. The van der Waals surface area contributed by atoms with Crippen molar-refractivity contribution in [3.05, 3.63) is 156 Å². The molecule has 0 radical (unpaired) electrons. The van der Waals surface area contributed by atoms with Gasteiger partial charge in [-0.15, -0.1) is 0 Å². The molecule has 2 aliphatic rings. The van der Waals surface area contributed by atoms with E-state index in [1.807, 2.05) is 0 Å². The molecule has 5 heteroatoms. The summed E-state index contributed by atoms with van der Waals surface area (Å²) in [5.41, 5.74) is 10.4. The van der Waals surface area contributed by atoms with E-state index in [0.29, 0.717) is 0 Å². The fraction of sp³-hybridized carbons (Fsp3) is 0.0857. The molecule has 0 bridgehead atoms. The van der Waals surface area contributed by atoms with Gasteiger partial charge in [0.1, 0.15) is 6.17 Å². The van der Waals surface area contributed by atoms with E-state index in [0.717, 1.165) is 46.2 Å². The minimum Gasteiger partial charge on any atom is -0.381 e. The molecule has 0 aliphatic carbocycles. The predicted molar refractivity (Wildman–Crippen MR) is 166 cm³/mol. The van der Waals surface area contributed by atoms with Crippen LogP contribution in [-0.2, 0) is 0 Å². The van der Waals surface area contributed by atoms with Gasteiger partial charge in [-0.25, -0.2) is 0 Å². The zero-order valence-corrected chi connectivity index (χ0v) is 22.1. The van der Waals surface area contributed by atoms with Gasteiger partial charge in [0.15, 0.2) is 0 Å². The van der Waals surface area contributed by atoms with Crippen molar-refractivity contribution in [3.8, 4) is 0 Å². The summed E-state index contributed by atoms with van der Waals surface area (Å²) >= 11 is 0. The van der Waals surface area contributed by atoms with Crippen molar-refractivity contribution in [1.29, 1.82) is 0 Å². The van der Waals surface area contributed by atoms with Gasteiger partial charge in [-0.1, -0.05) is 84.9 Å². The van der Waals surface area contributed by atoms with Gasteiger partial charge < -0.3 is 26.2 Å². The van der Waals surface area contributed by atoms with Crippen LogP contribution in [-0.4, -0.2) is 6.54 Å². The Balaban J connectivity index is 1.04. The number of benzene rings is 5. The number of rotatable bonds is 6. The molecule has 7 rings (SSSR count). The summed E-state index contributed by atoms with van der Waals surface area (Å²) in [6.07, 6.45) is 2.19. The molecule has 0 fully saturated rings. The molecule has 5 aromatic carbocycles. The Labute approximate surface area is 235 Å². The third kappa shape index (κ3) is 4.74. The first kappa shape index (κ1) is 23.9. The highest BCUT2D eigenvalue weighted by Gasteiger charge is 2.22. The SMILES string of the molecule is C1=C(c2ccc(N(c3ccccc3)c3ccccc3)cc2)NCC(c2ccc(C3Nc4ccccc4N3)cc2)N1. The lowest BCUT2D eigenvalue weighted by Gasteiger charge is -2.28. The predicted octanol–water partition coefficient (Wildman–Crippen LogP) is 7.93. The molecular weight excluding hydrogens is 490 g/mol. The molecule has 0 saturated carbocycles. The van der Waals surface area contributed by atoms with E-state index in [4.69, 9.17) is 0 Å². The van der Waals surface area contributed by atoms with Gasteiger partial charge in [-0.05, 0) is 65.2 Å². The number of para-hydroxylation sites is 4. The second-order valence-corrected chi connectivity index (χ2v) is 10.1. The topological polar surface area (TPSA) is 51.4 Å². The number of nitrogens with zero attached hydrogens (tertiary/aromatic N) is 1. The quantitative estimate of drug-likeness (QED) is 0.183. The van der Waals surface area contributed by atoms with E-state index in [2.05, 4.69) is 166 Å². The third-order valence-corrected chi connectivity index (χ3v) is 7.59. The second-order valence-electron chi connectivity index (χ2n) is 10.1.